The van der Waals surface area contributed by atoms with E-state index in [4.69, 9.17) is 0 Å². The number of imidazole rings is 1. The summed E-state index contributed by atoms with van der Waals surface area (Å²) in [6, 6.07) is 10.9. The fraction of sp³-hybridized carbons (Fsp3) is 0.333. The Hall–Kier alpha value is -2.78. The van der Waals surface area contributed by atoms with Crippen LogP contribution >= 0.6 is 0 Å². The zero-order valence-corrected chi connectivity index (χ0v) is 17.2. The van der Waals surface area contributed by atoms with Crippen molar-refractivity contribution in [2.24, 2.45) is 0 Å². The van der Waals surface area contributed by atoms with Crippen molar-refractivity contribution in [3.8, 4) is 0 Å². The van der Waals surface area contributed by atoms with Crippen molar-refractivity contribution in [2.45, 2.75) is 37.2 Å². The van der Waals surface area contributed by atoms with Crippen molar-refractivity contribution in [3.05, 3.63) is 60.2 Å². The number of aryl methyl sites for hydroxylation is 1. The lowest BCUT2D eigenvalue weighted by molar-refractivity contribution is -0.121. The predicted molar refractivity (Wildman–Crippen MR) is 111 cm³/mol. The van der Waals surface area contributed by atoms with E-state index >= 15 is 0 Å². The van der Waals surface area contributed by atoms with E-state index in [0.29, 0.717) is 31.7 Å². The van der Waals surface area contributed by atoms with E-state index in [1.54, 1.807) is 36.7 Å². The molecule has 2 aromatic carbocycles. The Morgan fingerprint density at radius 1 is 1.10 bits per heavy atom. The largest absolute Gasteiger partial charge is 0.352 e. The number of benzene rings is 2. The van der Waals surface area contributed by atoms with Crippen LogP contribution in [0.25, 0.3) is 11.0 Å². The smallest absolute Gasteiger partial charge is 0.243 e. The van der Waals surface area contributed by atoms with E-state index in [0.717, 1.165) is 23.9 Å². The van der Waals surface area contributed by atoms with Crippen LogP contribution in [-0.2, 0) is 27.9 Å². The molecule has 0 radical (unpaired) electrons. The highest BCUT2D eigenvalue weighted by molar-refractivity contribution is 7.89. The molecule has 1 fully saturated rings. The van der Waals surface area contributed by atoms with Gasteiger partial charge in [-0.3, -0.25) is 4.79 Å². The first kappa shape index (κ1) is 20.5. The second-order valence-electron chi connectivity index (χ2n) is 7.35. The third-order valence-corrected chi connectivity index (χ3v) is 7.17. The molecular weight excluding hydrogens is 407 g/mol. The Balaban J connectivity index is 1.39. The normalized spacial score (nSPS) is 15.0. The molecule has 0 spiro atoms. The molecule has 0 aliphatic carbocycles. The Labute approximate surface area is 174 Å². The van der Waals surface area contributed by atoms with Gasteiger partial charge in [-0.2, -0.15) is 4.31 Å². The summed E-state index contributed by atoms with van der Waals surface area (Å²) in [5, 5.41) is 2.81. The molecule has 30 heavy (non-hydrogen) atoms. The van der Waals surface area contributed by atoms with Crippen LogP contribution in [0.3, 0.4) is 0 Å². The molecule has 1 aliphatic rings. The van der Waals surface area contributed by atoms with Crippen LogP contribution in [-0.4, -0.2) is 41.3 Å². The first-order valence-electron chi connectivity index (χ1n) is 9.90. The SMILES string of the molecule is O=C(CCn1cnc2cc(S(=O)(=O)N3CCCC3)ccc21)NCc1ccc(F)cc1. The molecule has 1 saturated heterocycles. The maximum atomic E-state index is 12.9. The van der Waals surface area contributed by atoms with Gasteiger partial charge in [-0.25, -0.2) is 17.8 Å². The van der Waals surface area contributed by atoms with Crippen molar-refractivity contribution < 1.29 is 17.6 Å². The first-order valence-corrected chi connectivity index (χ1v) is 11.3. The monoisotopic (exact) mass is 430 g/mol. The van der Waals surface area contributed by atoms with Crippen molar-refractivity contribution in [1.82, 2.24) is 19.2 Å². The number of nitrogens with one attached hydrogen (secondary N) is 1. The van der Waals surface area contributed by atoms with Crippen LogP contribution in [0.5, 0.6) is 0 Å². The first-order chi connectivity index (χ1) is 14.4. The summed E-state index contributed by atoms with van der Waals surface area (Å²) >= 11 is 0. The quantitative estimate of drug-likeness (QED) is 0.625. The van der Waals surface area contributed by atoms with Crippen LogP contribution in [0.4, 0.5) is 4.39 Å². The Morgan fingerprint density at radius 3 is 2.57 bits per heavy atom. The maximum Gasteiger partial charge on any atom is 0.243 e. The van der Waals surface area contributed by atoms with Gasteiger partial charge in [-0.05, 0) is 48.7 Å². The minimum Gasteiger partial charge on any atom is -0.352 e. The molecule has 0 atom stereocenters. The average Bonchev–Trinajstić information content (AvgIpc) is 3.42. The highest BCUT2D eigenvalue weighted by Crippen LogP contribution is 2.24. The van der Waals surface area contributed by atoms with E-state index in [9.17, 15) is 17.6 Å². The molecule has 3 aromatic rings. The van der Waals surface area contributed by atoms with Crippen molar-refractivity contribution in [3.63, 3.8) is 0 Å². The van der Waals surface area contributed by atoms with Gasteiger partial charge >= 0.3 is 0 Å². The van der Waals surface area contributed by atoms with E-state index in [2.05, 4.69) is 10.3 Å². The number of aromatic nitrogens is 2. The van der Waals surface area contributed by atoms with E-state index < -0.39 is 10.0 Å². The number of hydrogen-bond acceptors (Lipinski definition) is 4. The summed E-state index contributed by atoms with van der Waals surface area (Å²) in [6.07, 6.45) is 3.64. The molecule has 7 nitrogen and oxygen atoms in total. The molecule has 9 heteroatoms. The highest BCUT2D eigenvalue weighted by atomic mass is 32.2. The zero-order valence-electron chi connectivity index (χ0n) is 16.4. The predicted octanol–water partition coefficient (Wildman–Crippen LogP) is 2.67. The van der Waals surface area contributed by atoms with Gasteiger partial charge in [0.25, 0.3) is 0 Å². The van der Waals surface area contributed by atoms with Gasteiger partial charge in [0, 0.05) is 32.6 Å². The molecule has 1 aromatic heterocycles. The lowest BCUT2D eigenvalue weighted by Gasteiger charge is -2.15. The van der Waals surface area contributed by atoms with Crippen molar-refractivity contribution >= 4 is 27.0 Å². The number of hydrogen-bond donors (Lipinski definition) is 1. The zero-order chi connectivity index (χ0) is 21.1. The number of nitrogens with zero attached hydrogens (tertiary/aromatic N) is 3. The Kier molecular flexibility index (Phi) is 5.83. The minimum absolute atomic E-state index is 0.130. The number of fused-ring (bicyclic) bond motifs is 1. The van der Waals surface area contributed by atoms with Crippen LogP contribution < -0.4 is 5.32 Å². The second kappa shape index (κ2) is 8.53. The fourth-order valence-electron chi connectivity index (χ4n) is 3.57. The molecule has 4 rings (SSSR count). The molecular formula is C21H23FN4O3S. The maximum absolute atomic E-state index is 12.9. The molecule has 158 valence electrons. The van der Waals surface area contributed by atoms with Gasteiger partial charge in [-0.1, -0.05) is 12.1 Å². The van der Waals surface area contributed by atoms with Gasteiger partial charge < -0.3 is 9.88 Å². The number of carbonyl (C=O) groups is 1. The molecule has 0 bridgehead atoms. The summed E-state index contributed by atoms with van der Waals surface area (Å²) in [7, 11) is -3.49. The average molecular weight is 431 g/mol. The number of amides is 1. The summed E-state index contributed by atoms with van der Waals surface area (Å²) in [5.74, 6) is -0.442. The topological polar surface area (TPSA) is 84.3 Å². The third-order valence-electron chi connectivity index (χ3n) is 5.28. The molecule has 1 amide bonds. The standard InChI is InChI=1S/C21H23FN4O3S/c22-17-5-3-16(4-6-17)14-23-21(27)9-12-25-15-24-19-13-18(7-8-20(19)25)30(28,29)26-10-1-2-11-26/h3-8,13,15H,1-2,9-12,14H2,(H,23,27). The van der Waals surface area contributed by atoms with Gasteiger partial charge in [0.15, 0.2) is 0 Å². The van der Waals surface area contributed by atoms with Crippen molar-refractivity contribution in [1.29, 1.82) is 0 Å². The summed E-state index contributed by atoms with van der Waals surface area (Å²) in [4.78, 5) is 16.7. The fourth-order valence-corrected chi connectivity index (χ4v) is 5.11. The number of rotatable bonds is 7. The molecule has 0 saturated carbocycles. The van der Waals surface area contributed by atoms with Gasteiger partial charge in [0.1, 0.15) is 5.82 Å². The summed E-state index contributed by atoms with van der Waals surface area (Å²) < 4.78 is 41.7. The summed E-state index contributed by atoms with van der Waals surface area (Å²) in [6.45, 7) is 1.87. The van der Waals surface area contributed by atoms with Gasteiger partial charge in [0.2, 0.25) is 15.9 Å². The van der Waals surface area contributed by atoms with E-state index in [1.807, 2.05) is 4.57 Å². The van der Waals surface area contributed by atoms with E-state index in [-0.39, 0.29) is 23.0 Å². The van der Waals surface area contributed by atoms with Crippen molar-refractivity contribution in [2.75, 3.05) is 13.1 Å². The van der Waals surface area contributed by atoms with E-state index in [1.165, 1.54) is 16.4 Å². The third kappa shape index (κ3) is 4.36. The Bertz CT molecular complexity index is 1150. The number of sulfonamides is 1. The van der Waals surface area contributed by atoms with Crippen LogP contribution in [0, 0.1) is 5.82 Å². The molecule has 0 unspecified atom stereocenters. The van der Waals surface area contributed by atoms with Crippen LogP contribution in [0.1, 0.15) is 24.8 Å². The summed E-state index contributed by atoms with van der Waals surface area (Å²) in [5.41, 5.74) is 2.19. The second-order valence-corrected chi connectivity index (χ2v) is 9.29. The van der Waals surface area contributed by atoms with Crippen LogP contribution in [0.2, 0.25) is 0 Å². The lowest BCUT2D eigenvalue weighted by Crippen LogP contribution is -2.27. The van der Waals surface area contributed by atoms with Gasteiger partial charge in [-0.15, -0.1) is 0 Å². The molecule has 1 N–H and O–H groups in total. The van der Waals surface area contributed by atoms with Gasteiger partial charge in [0.05, 0.1) is 22.3 Å². The number of halogens is 1. The lowest BCUT2D eigenvalue weighted by atomic mass is 10.2. The Morgan fingerprint density at radius 2 is 1.83 bits per heavy atom. The van der Waals surface area contributed by atoms with Crippen LogP contribution in [0.15, 0.2) is 53.7 Å². The molecule has 2 heterocycles. The minimum atomic E-state index is -3.49. The molecule has 1 aliphatic heterocycles. The number of carbonyl (C=O) groups excluding carboxylic acids is 1. The highest BCUT2D eigenvalue weighted by Gasteiger charge is 2.27.